The Balaban J connectivity index is 4.03. The summed E-state index contributed by atoms with van der Waals surface area (Å²) >= 11 is 0. The predicted molar refractivity (Wildman–Crippen MR) is 72.7 cm³/mol. The highest BCUT2D eigenvalue weighted by atomic mass is 15.0. The van der Waals surface area contributed by atoms with Crippen molar-refractivity contribution in [1.29, 1.82) is 0 Å². The highest BCUT2D eigenvalue weighted by molar-refractivity contribution is 4.85. The number of hydrogen-bond acceptors (Lipinski definition) is 3. The molecule has 0 aliphatic rings. The Bertz CT molecular complexity index is 178. The lowest BCUT2D eigenvalue weighted by Gasteiger charge is -2.33. The molecule has 0 radical (unpaired) electrons. The van der Waals surface area contributed by atoms with Crippen molar-refractivity contribution in [2.75, 3.05) is 20.1 Å². The van der Waals surface area contributed by atoms with Gasteiger partial charge >= 0.3 is 0 Å². The molecule has 2 atom stereocenters. The van der Waals surface area contributed by atoms with Gasteiger partial charge in [-0.3, -0.25) is 0 Å². The Hall–Kier alpha value is -0.120. The molecule has 0 aliphatic heterocycles. The third-order valence-corrected chi connectivity index (χ3v) is 4.09. The molecule has 3 heteroatoms. The Morgan fingerprint density at radius 1 is 1.00 bits per heavy atom. The van der Waals surface area contributed by atoms with Crippen LogP contribution in [0.25, 0.3) is 0 Å². The molecule has 0 fully saturated rings. The largest absolute Gasteiger partial charge is 0.330 e. The van der Waals surface area contributed by atoms with E-state index in [0.717, 1.165) is 38.8 Å². The Morgan fingerprint density at radius 2 is 1.56 bits per heavy atom. The highest BCUT2D eigenvalue weighted by Gasteiger charge is 2.23. The zero-order chi connectivity index (χ0) is 12.7. The molecular weight excluding hydrogens is 198 g/mol. The second kappa shape index (κ2) is 7.25. The molecule has 98 valence electrons. The fourth-order valence-corrected chi connectivity index (χ4v) is 1.83. The van der Waals surface area contributed by atoms with E-state index in [4.69, 9.17) is 5.73 Å². The molecule has 4 N–H and O–H groups in total. The Morgan fingerprint density at radius 3 is 1.94 bits per heavy atom. The maximum Gasteiger partial charge on any atom is 0.0162 e. The second-order valence-electron chi connectivity index (χ2n) is 5.29. The van der Waals surface area contributed by atoms with Crippen LogP contribution in [0.5, 0.6) is 0 Å². The molecule has 0 bridgehead atoms. The molecule has 0 saturated heterocycles. The van der Waals surface area contributed by atoms with Gasteiger partial charge in [0.25, 0.3) is 0 Å². The molecule has 16 heavy (non-hydrogen) atoms. The number of nitrogens with two attached hydrogens (primary N) is 1. The first-order valence-electron chi connectivity index (χ1n) is 6.59. The summed E-state index contributed by atoms with van der Waals surface area (Å²) in [5, 5.41) is 7.05. The third kappa shape index (κ3) is 5.28. The van der Waals surface area contributed by atoms with E-state index in [2.05, 4.69) is 38.3 Å². The quantitative estimate of drug-likeness (QED) is 0.566. The third-order valence-electron chi connectivity index (χ3n) is 4.09. The van der Waals surface area contributed by atoms with Gasteiger partial charge in [-0.05, 0) is 59.7 Å². The van der Waals surface area contributed by atoms with Crippen molar-refractivity contribution >= 4 is 0 Å². The van der Waals surface area contributed by atoms with Crippen molar-refractivity contribution in [2.45, 2.75) is 64.5 Å². The monoisotopic (exact) mass is 229 g/mol. The van der Waals surface area contributed by atoms with E-state index in [0.29, 0.717) is 0 Å². The van der Waals surface area contributed by atoms with E-state index in [1.54, 1.807) is 0 Å². The summed E-state index contributed by atoms with van der Waals surface area (Å²) in [6.07, 6.45) is 4.49. The summed E-state index contributed by atoms with van der Waals surface area (Å²) < 4.78 is 0. The van der Waals surface area contributed by atoms with Crippen molar-refractivity contribution in [3.63, 3.8) is 0 Å². The SMILES string of the molecule is CCC(C)(CCNC(C)(CC)CCN)NC. The molecule has 0 spiro atoms. The van der Waals surface area contributed by atoms with Crippen LogP contribution in [0.4, 0.5) is 0 Å². The minimum Gasteiger partial charge on any atom is -0.330 e. The highest BCUT2D eigenvalue weighted by Crippen LogP contribution is 2.16. The molecule has 0 heterocycles. The van der Waals surface area contributed by atoms with E-state index in [-0.39, 0.29) is 11.1 Å². The molecule has 0 aromatic carbocycles. The lowest BCUT2D eigenvalue weighted by molar-refractivity contribution is 0.281. The molecule has 0 saturated carbocycles. The van der Waals surface area contributed by atoms with Gasteiger partial charge < -0.3 is 16.4 Å². The van der Waals surface area contributed by atoms with Gasteiger partial charge in [-0.25, -0.2) is 0 Å². The van der Waals surface area contributed by atoms with Crippen LogP contribution in [0, 0.1) is 0 Å². The van der Waals surface area contributed by atoms with Crippen LogP contribution in [-0.4, -0.2) is 31.2 Å². The predicted octanol–water partition coefficient (Wildman–Crippen LogP) is 1.87. The van der Waals surface area contributed by atoms with Crippen LogP contribution in [0.2, 0.25) is 0 Å². The molecule has 2 unspecified atom stereocenters. The molecule has 0 rings (SSSR count). The zero-order valence-corrected chi connectivity index (χ0v) is 11.8. The Labute approximate surface area is 102 Å². The van der Waals surface area contributed by atoms with Gasteiger partial charge in [0, 0.05) is 11.1 Å². The van der Waals surface area contributed by atoms with E-state index >= 15 is 0 Å². The van der Waals surface area contributed by atoms with Gasteiger partial charge in [-0.2, -0.15) is 0 Å². The van der Waals surface area contributed by atoms with Crippen LogP contribution in [-0.2, 0) is 0 Å². The van der Waals surface area contributed by atoms with Crippen LogP contribution >= 0.6 is 0 Å². The fourth-order valence-electron chi connectivity index (χ4n) is 1.83. The molecule has 0 aromatic rings. The molecule has 3 nitrogen and oxygen atoms in total. The maximum absolute atomic E-state index is 5.65. The van der Waals surface area contributed by atoms with Gasteiger partial charge in [0.15, 0.2) is 0 Å². The van der Waals surface area contributed by atoms with Gasteiger partial charge in [0.05, 0.1) is 0 Å². The average molecular weight is 229 g/mol. The van der Waals surface area contributed by atoms with E-state index < -0.39 is 0 Å². The van der Waals surface area contributed by atoms with Gasteiger partial charge in [-0.15, -0.1) is 0 Å². The van der Waals surface area contributed by atoms with Crippen molar-refractivity contribution in [2.24, 2.45) is 5.73 Å². The summed E-state index contributed by atoms with van der Waals surface area (Å²) in [4.78, 5) is 0. The molecule has 0 amide bonds. The summed E-state index contributed by atoms with van der Waals surface area (Å²) in [6.45, 7) is 10.8. The van der Waals surface area contributed by atoms with Crippen molar-refractivity contribution in [1.82, 2.24) is 10.6 Å². The zero-order valence-electron chi connectivity index (χ0n) is 11.8. The maximum atomic E-state index is 5.65. The molecule has 0 aliphatic carbocycles. The Kier molecular flexibility index (Phi) is 7.20. The minimum absolute atomic E-state index is 0.205. The van der Waals surface area contributed by atoms with Crippen molar-refractivity contribution in [3.8, 4) is 0 Å². The van der Waals surface area contributed by atoms with Gasteiger partial charge in [0.1, 0.15) is 0 Å². The lowest BCUT2D eigenvalue weighted by atomic mass is 9.91. The first-order valence-corrected chi connectivity index (χ1v) is 6.59. The number of rotatable bonds is 9. The smallest absolute Gasteiger partial charge is 0.0162 e. The normalized spacial score (nSPS) is 19.1. The lowest BCUT2D eigenvalue weighted by Crippen LogP contribution is -2.48. The number of nitrogens with one attached hydrogen (secondary N) is 2. The fraction of sp³-hybridized carbons (Fsp3) is 1.00. The van der Waals surface area contributed by atoms with Crippen LogP contribution in [0.3, 0.4) is 0 Å². The molecule has 0 aromatic heterocycles. The standard InChI is InChI=1S/C13H31N3/c1-6-12(3,15-5)9-11-16-13(4,7-2)8-10-14/h15-16H,6-11,14H2,1-5H3. The number of hydrogen-bond donors (Lipinski definition) is 3. The second-order valence-corrected chi connectivity index (χ2v) is 5.29. The van der Waals surface area contributed by atoms with E-state index in [1.807, 2.05) is 7.05 Å². The first-order chi connectivity index (χ1) is 7.45. The van der Waals surface area contributed by atoms with Gasteiger partial charge in [-0.1, -0.05) is 13.8 Å². The van der Waals surface area contributed by atoms with Crippen molar-refractivity contribution in [3.05, 3.63) is 0 Å². The first kappa shape index (κ1) is 15.9. The summed E-state index contributed by atoms with van der Waals surface area (Å²) in [5.74, 6) is 0. The average Bonchev–Trinajstić information content (AvgIpc) is 2.29. The summed E-state index contributed by atoms with van der Waals surface area (Å²) in [7, 11) is 2.04. The van der Waals surface area contributed by atoms with Crippen molar-refractivity contribution < 1.29 is 0 Å². The van der Waals surface area contributed by atoms with Gasteiger partial charge in [0.2, 0.25) is 0 Å². The van der Waals surface area contributed by atoms with E-state index in [1.165, 1.54) is 0 Å². The van der Waals surface area contributed by atoms with Crippen LogP contribution < -0.4 is 16.4 Å². The van der Waals surface area contributed by atoms with Crippen LogP contribution in [0.1, 0.15) is 53.4 Å². The molecular formula is C13H31N3. The summed E-state index contributed by atoms with van der Waals surface area (Å²) in [5.41, 5.74) is 6.11. The minimum atomic E-state index is 0.205. The topological polar surface area (TPSA) is 50.1 Å². The van der Waals surface area contributed by atoms with E-state index in [9.17, 15) is 0 Å². The van der Waals surface area contributed by atoms with Crippen LogP contribution in [0.15, 0.2) is 0 Å². The summed E-state index contributed by atoms with van der Waals surface area (Å²) in [6, 6.07) is 0.